The third-order valence-electron chi connectivity index (χ3n) is 4.37. The summed E-state index contributed by atoms with van der Waals surface area (Å²) in [5.74, 6) is 0.964. The maximum atomic E-state index is 11.9. The van der Waals surface area contributed by atoms with Gasteiger partial charge in [0.25, 0.3) is 0 Å². The van der Waals surface area contributed by atoms with Gasteiger partial charge in [-0.05, 0) is 19.4 Å². The van der Waals surface area contributed by atoms with E-state index < -0.39 is 0 Å². The molecule has 2 aliphatic rings. The van der Waals surface area contributed by atoms with E-state index >= 15 is 0 Å². The monoisotopic (exact) mass is 306 g/mol. The highest BCUT2D eigenvalue weighted by molar-refractivity contribution is 5.78. The predicted octanol–water partition coefficient (Wildman–Crippen LogP) is 1.11. The second-order valence-corrected chi connectivity index (χ2v) is 5.76. The fraction of sp³-hybridized carbons (Fsp3) is 0.625. The van der Waals surface area contributed by atoms with Gasteiger partial charge in [0.2, 0.25) is 11.8 Å². The van der Waals surface area contributed by atoms with Gasteiger partial charge in [0.15, 0.2) is 0 Å². The van der Waals surface area contributed by atoms with Gasteiger partial charge in [0, 0.05) is 31.4 Å². The number of hydrogen-bond acceptors (Lipinski definition) is 5. The van der Waals surface area contributed by atoms with E-state index in [1.54, 1.807) is 11.1 Å². The van der Waals surface area contributed by atoms with Crippen molar-refractivity contribution in [3.8, 4) is 5.88 Å². The van der Waals surface area contributed by atoms with Crippen LogP contribution in [0.2, 0.25) is 0 Å². The van der Waals surface area contributed by atoms with Crippen molar-refractivity contribution < 1.29 is 19.0 Å². The summed E-state index contributed by atoms with van der Waals surface area (Å²) in [4.78, 5) is 17.9. The standard InChI is InChI=1S/C16H22N2O4/c1-2-20-10-15(19)18-11-16(12-18)13(6-8-22-16)9-21-14-5-3-4-7-17-14/h3-5,7,13H,2,6,8-12H2,1H3. The molecule has 1 aromatic heterocycles. The van der Waals surface area contributed by atoms with E-state index in [0.717, 1.165) is 13.0 Å². The molecule has 1 unspecified atom stereocenters. The summed E-state index contributed by atoms with van der Waals surface area (Å²) in [5, 5.41) is 0. The normalized spacial score (nSPS) is 22.6. The average molecular weight is 306 g/mol. The van der Waals surface area contributed by atoms with Gasteiger partial charge in [-0.3, -0.25) is 4.79 Å². The third-order valence-corrected chi connectivity index (χ3v) is 4.37. The molecule has 0 N–H and O–H groups in total. The Hall–Kier alpha value is -1.66. The minimum absolute atomic E-state index is 0.0346. The van der Waals surface area contributed by atoms with Gasteiger partial charge in [-0.2, -0.15) is 0 Å². The van der Waals surface area contributed by atoms with Gasteiger partial charge in [0.05, 0.1) is 19.7 Å². The first kappa shape index (κ1) is 15.2. The van der Waals surface area contributed by atoms with Gasteiger partial charge in [0.1, 0.15) is 12.2 Å². The van der Waals surface area contributed by atoms with E-state index in [4.69, 9.17) is 14.2 Å². The van der Waals surface area contributed by atoms with Crippen LogP contribution in [0.3, 0.4) is 0 Å². The number of amides is 1. The highest BCUT2D eigenvalue weighted by Gasteiger charge is 2.54. The quantitative estimate of drug-likeness (QED) is 0.788. The minimum atomic E-state index is -0.239. The van der Waals surface area contributed by atoms with Crippen molar-refractivity contribution in [2.24, 2.45) is 5.92 Å². The van der Waals surface area contributed by atoms with Crippen molar-refractivity contribution in [1.29, 1.82) is 0 Å². The number of hydrogen-bond donors (Lipinski definition) is 0. The molecule has 2 saturated heterocycles. The number of carbonyl (C=O) groups is 1. The van der Waals surface area contributed by atoms with Crippen LogP contribution in [0.4, 0.5) is 0 Å². The molecule has 0 bridgehead atoms. The van der Waals surface area contributed by atoms with Crippen molar-refractivity contribution in [1.82, 2.24) is 9.88 Å². The number of aromatic nitrogens is 1. The fourth-order valence-corrected chi connectivity index (χ4v) is 3.05. The SMILES string of the molecule is CCOCC(=O)N1CC2(C1)OCCC2COc1ccccn1. The number of nitrogens with zero attached hydrogens (tertiary/aromatic N) is 2. The molecule has 0 saturated carbocycles. The van der Waals surface area contributed by atoms with Crippen LogP contribution in [0.15, 0.2) is 24.4 Å². The largest absolute Gasteiger partial charge is 0.477 e. The number of ether oxygens (including phenoxy) is 3. The molecule has 3 heterocycles. The first-order valence-electron chi connectivity index (χ1n) is 7.77. The Kier molecular flexibility index (Phi) is 4.59. The molecule has 0 aliphatic carbocycles. The van der Waals surface area contributed by atoms with Gasteiger partial charge in [-0.1, -0.05) is 6.07 Å². The molecule has 6 heteroatoms. The van der Waals surface area contributed by atoms with Crippen molar-refractivity contribution in [2.45, 2.75) is 18.9 Å². The van der Waals surface area contributed by atoms with E-state index in [1.165, 1.54) is 0 Å². The van der Waals surface area contributed by atoms with Gasteiger partial charge in [-0.15, -0.1) is 0 Å². The summed E-state index contributed by atoms with van der Waals surface area (Å²) in [6.07, 6.45) is 2.67. The summed E-state index contributed by atoms with van der Waals surface area (Å²) >= 11 is 0. The first-order valence-corrected chi connectivity index (χ1v) is 7.77. The van der Waals surface area contributed by atoms with Crippen LogP contribution in [0, 0.1) is 5.92 Å². The molecule has 1 aromatic rings. The Balaban J connectivity index is 1.51. The molecule has 2 aliphatic heterocycles. The van der Waals surface area contributed by atoms with E-state index in [9.17, 15) is 4.79 Å². The van der Waals surface area contributed by atoms with Crippen molar-refractivity contribution in [2.75, 3.05) is 39.5 Å². The van der Waals surface area contributed by atoms with E-state index in [2.05, 4.69) is 4.98 Å². The number of carbonyl (C=O) groups excluding carboxylic acids is 1. The van der Waals surface area contributed by atoms with Crippen LogP contribution in [0.1, 0.15) is 13.3 Å². The molecule has 0 radical (unpaired) electrons. The lowest BCUT2D eigenvalue weighted by Gasteiger charge is -2.50. The zero-order valence-electron chi connectivity index (χ0n) is 12.9. The lowest BCUT2D eigenvalue weighted by molar-refractivity contribution is -0.170. The Bertz CT molecular complexity index is 502. The molecule has 120 valence electrons. The number of likely N-dealkylation sites (tertiary alicyclic amines) is 1. The summed E-state index contributed by atoms with van der Waals surface area (Å²) in [5.41, 5.74) is -0.239. The zero-order valence-corrected chi connectivity index (χ0v) is 12.9. The summed E-state index contributed by atoms with van der Waals surface area (Å²) < 4.78 is 16.9. The molecular formula is C16H22N2O4. The first-order chi connectivity index (χ1) is 10.7. The molecule has 1 amide bonds. The minimum Gasteiger partial charge on any atom is -0.477 e. The molecule has 1 spiro atoms. The van der Waals surface area contributed by atoms with Gasteiger partial charge in [-0.25, -0.2) is 4.98 Å². The second-order valence-electron chi connectivity index (χ2n) is 5.76. The zero-order chi connectivity index (χ0) is 15.4. The lowest BCUT2D eigenvalue weighted by atomic mass is 9.81. The van der Waals surface area contributed by atoms with Gasteiger partial charge < -0.3 is 19.1 Å². The Morgan fingerprint density at radius 2 is 2.36 bits per heavy atom. The maximum absolute atomic E-state index is 11.9. The van der Waals surface area contributed by atoms with E-state index in [1.807, 2.05) is 25.1 Å². The third kappa shape index (κ3) is 3.08. The lowest BCUT2D eigenvalue weighted by Crippen LogP contribution is -2.67. The average Bonchev–Trinajstić information content (AvgIpc) is 2.94. The highest BCUT2D eigenvalue weighted by Crippen LogP contribution is 2.40. The number of rotatable bonds is 6. The Morgan fingerprint density at radius 3 is 3.09 bits per heavy atom. The van der Waals surface area contributed by atoms with Crippen LogP contribution >= 0.6 is 0 Å². The molecule has 0 aromatic carbocycles. The van der Waals surface area contributed by atoms with Crippen molar-refractivity contribution >= 4 is 5.91 Å². The summed E-state index contributed by atoms with van der Waals surface area (Å²) in [7, 11) is 0. The van der Waals surface area contributed by atoms with Crippen LogP contribution in [0.25, 0.3) is 0 Å². The molecule has 1 atom stereocenters. The fourth-order valence-electron chi connectivity index (χ4n) is 3.05. The molecule has 3 rings (SSSR count). The van der Waals surface area contributed by atoms with Crippen molar-refractivity contribution in [3.05, 3.63) is 24.4 Å². The van der Waals surface area contributed by atoms with Crippen molar-refractivity contribution in [3.63, 3.8) is 0 Å². The van der Waals surface area contributed by atoms with Crippen LogP contribution < -0.4 is 4.74 Å². The Labute approximate surface area is 130 Å². The topological polar surface area (TPSA) is 60.9 Å². The summed E-state index contributed by atoms with van der Waals surface area (Å²) in [6.45, 7) is 5.16. The molecule has 22 heavy (non-hydrogen) atoms. The number of pyridine rings is 1. The second kappa shape index (κ2) is 6.62. The predicted molar refractivity (Wildman–Crippen MR) is 79.6 cm³/mol. The smallest absolute Gasteiger partial charge is 0.248 e. The van der Waals surface area contributed by atoms with Crippen LogP contribution in [-0.2, 0) is 14.3 Å². The van der Waals surface area contributed by atoms with Crippen LogP contribution in [-0.4, -0.2) is 60.9 Å². The summed E-state index contributed by atoms with van der Waals surface area (Å²) in [6, 6.07) is 5.61. The van der Waals surface area contributed by atoms with Crippen LogP contribution in [0.5, 0.6) is 5.88 Å². The molecule has 6 nitrogen and oxygen atoms in total. The van der Waals surface area contributed by atoms with E-state index in [0.29, 0.717) is 38.1 Å². The van der Waals surface area contributed by atoms with E-state index in [-0.39, 0.29) is 18.1 Å². The molecule has 2 fully saturated rings. The highest BCUT2D eigenvalue weighted by atomic mass is 16.5. The molecular weight excluding hydrogens is 284 g/mol. The maximum Gasteiger partial charge on any atom is 0.248 e. The Morgan fingerprint density at radius 1 is 1.50 bits per heavy atom. The van der Waals surface area contributed by atoms with Gasteiger partial charge >= 0.3 is 0 Å².